The van der Waals surface area contributed by atoms with E-state index >= 15 is 0 Å². The van der Waals surface area contributed by atoms with Gasteiger partial charge in [-0.3, -0.25) is 4.79 Å². The SMILES string of the molecule is CCN(C(=O)CN(C)S(=O)(=O)c1ccc2ccccc2c1)C1CCCCC1. The number of sulfonamides is 1. The molecule has 1 aliphatic rings. The highest BCUT2D eigenvalue weighted by Crippen LogP contribution is 2.24. The van der Waals surface area contributed by atoms with Crippen LogP contribution in [0.5, 0.6) is 0 Å². The Hall–Kier alpha value is -1.92. The highest BCUT2D eigenvalue weighted by Gasteiger charge is 2.28. The van der Waals surface area contributed by atoms with Crippen molar-refractivity contribution >= 4 is 26.7 Å². The van der Waals surface area contributed by atoms with Gasteiger partial charge in [-0.2, -0.15) is 4.31 Å². The van der Waals surface area contributed by atoms with Crippen molar-refractivity contribution < 1.29 is 13.2 Å². The first-order valence-electron chi connectivity index (χ1n) is 9.68. The maximum atomic E-state index is 13.0. The van der Waals surface area contributed by atoms with Crippen molar-refractivity contribution in [2.45, 2.75) is 50.0 Å². The highest BCUT2D eigenvalue weighted by molar-refractivity contribution is 7.89. The smallest absolute Gasteiger partial charge is 0.243 e. The molecule has 0 radical (unpaired) electrons. The number of rotatable bonds is 6. The Labute approximate surface area is 162 Å². The van der Waals surface area contributed by atoms with Crippen molar-refractivity contribution in [3.8, 4) is 0 Å². The van der Waals surface area contributed by atoms with Crippen LogP contribution < -0.4 is 0 Å². The number of carbonyl (C=O) groups excluding carboxylic acids is 1. The van der Waals surface area contributed by atoms with Gasteiger partial charge in [-0.05, 0) is 42.7 Å². The summed E-state index contributed by atoms with van der Waals surface area (Å²) in [6, 6.07) is 13.0. The third-order valence-corrected chi connectivity index (χ3v) is 7.26. The number of hydrogen-bond acceptors (Lipinski definition) is 3. The van der Waals surface area contributed by atoms with Crippen LogP contribution in [0.25, 0.3) is 10.8 Å². The van der Waals surface area contributed by atoms with E-state index in [1.807, 2.05) is 36.1 Å². The summed E-state index contributed by atoms with van der Waals surface area (Å²) in [6.07, 6.45) is 5.53. The molecule has 0 spiro atoms. The van der Waals surface area contributed by atoms with Gasteiger partial charge in [-0.15, -0.1) is 0 Å². The number of amides is 1. The fourth-order valence-corrected chi connectivity index (χ4v) is 5.06. The molecule has 146 valence electrons. The van der Waals surface area contributed by atoms with E-state index in [1.54, 1.807) is 18.2 Å². The van der Waals surface area contributed by atoms with Crippen LogP contribution in [-0.2, 0) is 14.8 Å². The van der Waals surface area contributed by atoms with E-state index in [9.17, 15) is 13.2 Å². The average molecular weight is 389 g/mol. The summed E-state index contributed by atoms with van der Waals surface area (Å²) in [4.78, 5) is 14.9. The van der Waals surface area contributed by atoms with Crippen molar-refractivity contribution in [1.82, 2.24) is 9.21 Å². The van der Waals surface area contributed by atoms with Crippen LogP contribution in [-0.4, -0.2) is 49.7 Å². The average Bonchev–Trinajstić information content (AvgIpc) is 2.69. The Morgan fingerprint density at radius 1 is 1.04 bits per heavy atom. The van der Waals surface area contributed by atoms with Gasteiger partial charge in [0.05, 0.1) is 11.4 Å². The first-order chi connectivity index (χ1) is 12.9. The van der Waals surface area contributed by atoms with Crippen LogP contribution in [0.1, 0.15) is 39.0 Å². The van der Waals surface area contributed by atoms with Crippen LogP contribution in [0.15, 0.2) is 47.4 Å². The lowest BCUT2D eigenvalue weighted by Gasteiger charge is -2.34. The molecule has 2 aromatic rings. The molecule has 2 aromatic carbocycles. The number of fused-ring (bicyclic) bond motifs is 1. The number of carbonyl (C=O) groups is 1. The van der Waals surface area contributed by atoms with Gasteiger partial charge in [0.15, 0.2) is 0 Å². The molecule has 3 rings (SSSR count). The topological polar surface area (TPSA) is 57.7 Å². The predicted octanol–water partition coefficient (Wildman–Crippen LogP) is 3.64. The maximum absolute atomic E-state index is 13.0. The van der Waals surface area contributed by atoms with Crippen LogP contribution in [0.4, 0.5) is 0 Å². The molecule has 1 fully saturated rings. The van der Waals surface area contributed by atoms with Gasteiger partial charge < -0.3 is 4.90 Å². The van der Waals surface area contributed by atoms with Crippen LogP contribution in [0.2, 0.25) is 0 Å². The molecule has 1 saturated carbocycles. The Morgan fingerprint density at radius 3 is 2.37 bits per heavy atom. The molecule has 6 heteroatoms. The van der Waals surface area contributed by atoms with E-state index < -0.39 is 10.0 Å². The van der Waals surface area contributed by atoms with Crippen LogP contribution in [0, 0.1) is 0 Å². The van der Waals surface area contributed by atoms with E-state index in [2.05, 4.69) is 0 Å². The van der Waals surface area contributed by atoms with Gasteiger partial charge >= 0.3 is 0 Å². The molecule has 27 heavy (non-hydrogen) atoms. The van der Waals surface area contributed by atoms with E-state index in [1.165, 1.54) is 17.8 Å². The standard InChI is InChI=1S/C21H28N2O3S/c1-3-23(19-11-5-4-6-12-19)21(24)16-22(2)27(25,26)20-14-13-17-9-7-8-10-18(17)15-20/h7-10,13-15,19H,3-6,11-12,16H2,1-2H3. The molecule has 0 aromatic heterocycles. The second kappa shape index (κ2) is 8.40. The van der Waals surface area contributed by atoms with E-state index in [0.717, 1.165) is 36.5 Å². The van der Waals surface area contributed by atoms with Gasteiger partial charge in [-0.25, -0.2) is 8.42 Å². The third-order valence-electron chi connectivity index (χ3n) is 5.46. The van der Waals surface area contributed by atoms with Gasteiger partial charge in [0, 0.05) is 19.6 Å². The molecule has 0 N–H and O–H groups in total. The minimum Gasteiger partial charge on any atom is -0.339 e. The summed E-state index contributed by atoms with van der Waals surface area (Å²) in [5.74, 6) is -0.115. The van der Waals surface area contributed by atoms with Crippen molar-refractivity contribution in [2.75, 3.05) is 20.1 Å². The minimum atomic E-state index is -3.71. The van der Waals surface area contributed by atoms with Crippen molar-refractivity contribution in [3.63, 3.8) is 0 Å². The highest BCUT2D eigenvalue weighted by atomic mass is 32.2. The zero-order valence-corrected chi connectivity index (χ0v) is 16.9. The Balaban J connectivity index is 1.76. The largest absolute Gasteiger partial charge is 0.339 e. The lowest BCUT2D eigenvalue weighted by Crippen LogP contribution is -2.46. The van der Waals surface area contributed by atoms with Gasteiger partial charge in [0.25, 0.3) is 0 Å². The number of likely N-dealkylation sites (N-methyl/N-ethyl adjacent to an activating group) is 2. The first-order valence-corrected chi connectivity index (χ1v) is 11.1. The molecule has 0 saturated heterocycles. The minimum absolute atomic E-state index is 0.115. The normalized spacial score (nSPS) is 16.0. The lowest BCUT2D eigenvalue weighted by atomic mass is 9.94. The number of hydrogen-bond donors (Lipinski definition) is 0. The van der Waals surface area contributed by atoms with Crippen molar-refractivity contribution in [2.24, 2.45) is 0 Å². The summed E-state index contributed by atoms with van der Waals surface area (Å²) < 4.78 is 27.1. The lowest BCUT2D eigenvalue weighted by molar-refractivity contribution is -0.133. The molecule has 0 aliphatic heterocycles. The van der Waals surface area contributed by atoms with Gasteiger partial charge in [-0.1, -0.05) is 49.6 Å². The molecular weight excluding hydrogens is 360 g/mol. The molecule has 0 heterocycles. The second-order valence-electron chi connectivity index (χ2n) is 7.24. The Kier molecular flexibility index (Phi) is 6.17. The molecule has 5 nitrogen and oxygen atoms in total. The van der Waals surface area contributed by atoms with Crippen molar-refractivity contribution in [1.29, 1.82) is 0 Å². The Bertz CT molecular complexity index is 905. The first kappa shape index (κ1) is 19.8. The van der Waals surface area contributed by atoms with Crippen LogP contribution in [0.3, 0.4) is 0 Å². The summed E-state index contributed by atoms with van der Waals surface area (Å²) >= 11 is 0. The molecule has 1 amide bonds. The summed E-state index contributed by atoms with van der Waals surface area (Å²) in [5, 5.41) is 1.86. The predicted molar refractivity (Wildman–Crippen MR) is 108 cm³/mol. The fourth-order valence-electron chi connectivity index (χ4n) is 3.90. The monoisotopic (exact) mass is 388 g/mol. The van der Waals surface area contributed by atoms with Crippen molar-refractivity contribution in [3.05, 3.63) is 42.5 Å². The fraction of sp³-hybridized carbons (Fsp3) is 0.476. The van der Waals surface area contributed by atoms with Gasteiger partial charge in [0.1, 0.15) is 0 Å². The maximum Gasteiger partial charge on any atom is 0.243 e. The zero-order valence-electron chi connectivity index (χ0n) is 16.1. The van der Waals surface area contributed by atoms with Crippen LogP contribution >= 0.6 is 0 Å². The summed E-state index contributed by atoms with van der Waals surface area (Å²) in [7, 11) is -2.23. The molecule has 1 aliphatic carbocycles. The Morgan fingerprint density at radius 2 is 1.70 bits per heavy atom. The third kappa shape index (κ3) is 4.33. The number of nitrogens with zero attached hydrogens (tertiary/aromatic N) is 2. The quantitative estimate of drug-likeness (QED) is 0.759. The van der Waals surface area contributed by atoms with E-state index in [4.69, 9.17) is 0 Å². The second-order valence-corrected chi connectivity index (χ2v) is 9.29. The molecule has 0 bridgehead atoms. The molecule has 0 unspecified atom stereocenters. The van der Waals surface area contributed by atoms with Gasteiger partial charge in [0.2, 0.25) is 15.9 Å². The zero-order chi connectivity index (χ0) is 19.4. The van der Waals surface area contributed by atoms with E-state index in [-0.39, 0.29) is 23.4 Å². The molecule has 0 atom stereocenters. The number of benzene rings is 2. The van der Waals surface area contributed by atoms with E-state index in [0.29, 0.717) is 6.54 Å². The summed E-state index contributed by atoms with van der Waals surface area (Å²) in [6.45, 7) is 2.46. The molecular formula is C21H28N2O3S. The summed E-state index contributed by atoms with van der Waals surface area (Å²) in [5.41, 5.74) is 0.